The highest BCUT2D eigenvalue weighted by molar-refractivity contribution is 5.99. The Morgan fingerprint density at radius 3 is 2.33 bits per heavy atom. The Kier molecular flexibility index (Phi) is 7.90. The standard InChI is InChI=1S/C26H39N3O/c1-6-7-8-9-22-10-12-24(13-11-22)29-20(2)18-25(21(29)3)26(30)19-28-16-14-23(15-17-28)27(4)5/h10-13,18,23H,6-9,14-17,19H2,1-5H3. The summed E-state index contributed by atoms with van der Waals surface area (Å²) in [6, 6.07) is 11.6. The van der Waals surface area contributed by atoms with E-state index >= 15 is 0 Å². The molecule has 0 atom stereocenters. The Labute approximate surface area is 182 Å². The summed E-state index contributed by atoms with van der Waals surface area (Å²) in [5.41, 5.74) is 5.59. The molecule has 1 aliphatic rings. The van der Waals surface area contributed by atoms with Gasteiger partial charge in [-0.1, -0.05) is 31.9 Å². The van der Waals surface area contributed by atoms with Crippen LogP contribution < -0.4 is 0 Å². The lowest BCUT2D eigenvalue weighted by Gasteiger charge is -2.34. The lowest BCUT2D eigenvalue weighted by molar-refractivity contribution is 0.0873. The number of hydrogen-bond donors (Lipinski definition) is 0. The van der Waals surface area contributed by atoms with Crippen molar-refractivity contribution in [3.63, 3.8) is 0 Å². The van der Waals surface area contributed by atoms with Gasteiger partial charge in [-0.15, -0.1) is 0 Å². The van der Waals surface area contributed by atoms with Gasteiger partial charge in [0.15, 0.2) is 5.78 Å². The van der Waals surface area contributed by atoms with E-state index in [1.807, 2.05) is 0 Å². The monoisotopic (exact) mass is 409 g/mol. The van der Waals surface area contributed by atoms with Gasteiger partial charge in [-0.2, -0.15) is 0 Å². The van der Waals surface area contributed by atoms with Crippen molar-refractivity contribution in [3.8, 4) is 5.69 Å². The molecule has 4 heteroatoms. The molecule has 0 amide bonds. The number of ketones is 1. The third-order valence-corrected chi connectivity index (χ3v) is 6.65. The van der Waals surface area contributed by atoms with Gasteiger partial charge in [0.25, 0.3) is 0 Å². The SMILES string of the molecule is CCCCCc1ccc(-n2c(C)cc(C(=O)CN3CCC(N(C)C)CC3)c2C)cc1. The lowest BCUT2D eigenvalue weighted by atomic mass is 10.0. The van der Waals surface area contributed by atoms with Crippen LogP contribution in [0, 0.1) is 13.8 Å². The molecule has 2 aromatic rings. The Morgan fingerprint density at radius 2 is 1.73 bits per heavy atom. The Hall–Kier alpha value is -1.91. The predicted molar refractivity (Wildman–Crippen MR) is 126 cm³/mol. The number of benzene rings is 1. The van der Waals surface area contributed by atoms with Gasteiger partial charge in [0, 0.05) is 41.8 Å². The van der Waals surface area contributed by atoms with E-state index in [2.05, 4.69) is 79.6 Å². The molecule has 0 radical (unpaired) electrons. The first-order valence-corrected chi connectivity index (χ1v) is 11.6. The summed E-state index contributed by atoms with van der Waals surface area (Å²) in [6.07, 6.45) is 7.22. The fourth-order valence-electron chi connectivity index (χ4n) is 4.72. The molecule has 4 nitrogen and oxygen atoms in total. The molecule has 30 heavy (non-hydrogen) atoms. The summed E-state index contributed by atoms with van der Waals surface area (Å²) in [4.78, 5) is 17.7. The van der Waals surface area contributed by atoms with Crippen molar-refractivity contribution in [2.75, 3.05) is 33.7 Å². The maximum absolute atomic E-state index is 13.1. The largest absolute Gasteiger partial charge is 0.318 e. The number of aromatic nitrogens is 1. The zero-order chi connectivity index (χ0) is 21.7. The van der Waals surface area contributed by atoms with Crippen LogP contribution in [-0.2, 0) is 6.42 Å². The van der Waals surface area contributed by atoms with Gasteiger partial charge in [0.05, 0.1) is 6.54 Å². The first kappa shape index (κ1) is 22.8. The second-order valence-corrected chi connectivity index (χ2v) is 9.14. The molecule has 0 spiro atoms. The Morgan fingerprint density at radius 1 is 1.07 bits per heavy atom. The van der Waals surface area contributed by atoms with Crippen LogP contribution in [0.2, 0.25) is 0 Å². The average molecular weight is 410 g/mol. The first-order chi connectivity index (χ1) is 14.4. The van der Waals surface area contributed by atoms with E-state index in [9.17, 15) is 4.79 Å². The Balaban J connectivity index is 1.67. The quantitative estimate of drug-likeness (QED) is 0.429. The van der Waals surface area contributed by atoms with Gasteiger partial charge in [-0.3, -0.25) is 9.69 Å². The first-order valence-electron chi connectivity index (χ1n) is 11.6. The lowest BCUT2D eigenvalue weighted by Crippen LogP contribution is -2.43. The molecular formula is C26H39N3O. The molecule has 0 bridgehead atoms. The zero-order valence-electron chi connectivity index (χ0n) is 19.6. The highest BCUT2D eigenvalue weighted by atomic mass is 16.1. The van der Waals surface area contributed by atoms with Crippen LogP contribution in [-0.4, -0.2) is 59.9 Å². The van der Waals surface area contributed by atoms with Crippen LogP contribution in [0.15, 0.2) is 30.3 Å². The van der Waals surface area contributed by atoms with Crippen LogP contribution in [0.4, 0.5) is 0 Å². The van der Waals surface area contributed by atoms with Crippen molar-refractivity contribution in [2.24, 2.45) is 0 Å². The molecule has 0 saturated carbocycles. The summed E-state index contributed by atoms with van der Waals surface area (Å²) < 4.78 is 2.22. The van der Waals surface area contributed by atoms with Crippen molar-refractivity contribution in [1.29, 1.82) is 0 Å². The van der Waals surface area contributed by atoms with Crippen LogP contribution >= 0.6 is 0 Å². The average Bonchev–Trinajstić information content (AvgIpc) is 3.03. The summed E-state index contributed by atoms with van der Waals surface area (Å²) in [7, 11) is 4.30. The van der Waals surface area contributed by atoms with E-state index in [-0.39, 0.29) is 5.78 Å². The highest BCUT2D eigenvalue weighted by Gasteiger charge is 2.24. The molecule has 1 aromatic carbocycles. The number of piperidine rings is 1. The number of aryl methyl sites for hydroxylation is 2. The third-order valence-electron chi connectivity index (χ3n) is 6.65. The second kappa shape index (κ2) is 10.4. The van der Waals surface area contributed by atoms with Crippen molar-refractivity contribution in [2.45, 2.75) is 65.3 Å². The van der Waals surface area contributed by atoms with E-state index in [1.165, 1.54) is 24.8 Å². The minimum absolute atomic E-state index is 0.244. The summed E-state index contributed by atoms with van der Waals surface area (Å²) in [5, 5.41) is 0. The normalized spacial score (nSPS) is 15.8. The predicted octanol–water partition coefficient (Wildman–Crippen LogP) is 5.04. The summed E-state index contributed by atoms with van der Waals surface area (Å²) in [5.74, 6) is 0.244. The zero-order valence-corrected chi connectivity index (χ0v) is 19.6. The van der Waals surface area contributed by atoms with Gasteiger partial charge < -0.3 is 9.47 Å². The van der Waals surface area contributed by atoms with Crippen LogP contribution in [0.25, 0.3) is 5.69 Å². The topological polar surface area (TPSA) is 28.5 Å². The van der Waals surface area contributed by atoms with Crippen molar-refractivity contribution < 1.29 is 4.79 Å². The maximum Gasteiger partial charge on any atom is 0.178 e. The van der Waals surface area contributed by atoms with E-state index in [0.717, 1.165) is 55.0 Å². The second-order valence-electron chi connectivity index (χ2n) is 9.14. The number of carbonyl (C=O) groups excluding carboxylic acids is 1. The molecule has 0 unspecified atom stereocenters. The molecular weight excluding hydrogens is 370 g/mol. The molecule has 1 aromatic heterocycles. The molecule has 1 fully saturated rings. The van der Waals surface area contributed by atoms with E-state index in [1.54, 1.807) is 0 Å². The van der Waals surface area contributed by atoms with Crippen molar-refractivity contribution in [3.05, 3.63) is 52.8 Å². The number of rotatable bonds is 9. The van der Waals surface area contributed by atoms with E-state index < -0.39 is 0 Å². The van der Waals surface area contributed by atoms with Crippen LogP contribution in [0.1, 0.15) is 66.3 Å². The number of carbonyl (C=O) groups is 1. The molecule has 1 aliphatic heterocycles. The smallest absolute Gasteiger partial charge is 0.178 e. The van der Waals surface area contributed by atoms with Crippen molar-refractivity contribution in [1.82, 2.24) is 14.4 Å². The number of hydrogen-bond acceptors (Lipinski definition) is 3. The summed E-state index contributed by atoms with van der Waals surface area (Å²) >= 11 is 0. The molecule has 3 rings (SSSR count). The molecule has 164 valence electrons. The minimum atomic E-state index is 0.244. The number of likely N-dealkylation sites (tertiary alicyclic amines) is 1. The van der Waals surface area contributed by atoms with E-state index in [0.29, 0.717) is 12.6 Å². The summed E-state index contributed by atoms with van der Waals surface area (Å²) in [6.45, 7) is 8.96. The van der Waals surface area contributed by atoms with Gasteiger partial charge >= 0.3 is 0 Å². The molecule has 0 aliphatic carbocycles. The maximum atomic E-state index is 13.1. The highest BCUT2D eigenvalue weighted by Crippen LogP contribution is 2.23. The fraction of sp³-hybridized carbons (Fsp3) is 0.577. The number of nitrogens with zero attached hydrogens (tertiary/aromatic N) is 3. The molecule has 1 saturated heterocycles. The number of unbranched alkanes of at least 4 members (excludes halogenated alkanes) is 2. The van der Waals surface area contributed by atoms with E-state index in [4.69, 9.17) is 0 Å². The van der Waals surface area contributed by atoms with Gasteiger partial charge in [-0.05, 0) is 77.4 Å². The molecule has 0 N–H and O–H groups in total. The van der Waals surface area contributed by atoms with Crippen molar-refractivity contribution >= 4 is 5.78 Å². The number of Topliss-reactive ketones (excluding diaryl/α,β-unsaturated/α-hetero) is 1. The molecule has 2 heterocycles. The Bertz CT molecular complexity index is 827. The van der Waals surface area contributed by atoms with Gasteiger partial charge in [0.1, 0.15) is 0 Å². The van der Waals surface area contributed by atoms with Gasteiger partial charge in [0.2, 0.25) is 0 Å². The van der Waals surface area contributed by atoms with Crippen LogP contribution in [0.3, 0.4) is 0 Å². The van der Waals surface area contributed by atoms with Gasteiger partial charge in [-0.25, -0.2) is 0 Å². The van der Waals surface area contributed by atoms with Crippen LogP contribution in [0.5, 0.6) is 0 Å². The third kappa shape index (κ3) is 5.41. The minimum Gasteiger partial charge on any atom is -0.318 e. The fourth-order valence-corrected chi connectivity index (χ4v) is 4.72.